The smallest absolute Gasteiger partial charge is 0.309 e. The quantitative estimate of drug-likeness (QED) is 0.675. The van der Waals surface area contributed by atoms with E-state index < -0.39 is 0 Å². The van der Waals surface area contributed by atoms with Crippen LogP contribution < -0.4 is 0 Å². The molecule has 0 saturated carbocycles. The van der Waals surface area contributed by atoms with Crippen LogP contribution in [0.4, 0.5) is 0 Å². The van der Waals surface area contributed by atoms with Gasteiger partial charge in [0.05, 0.1) is 12.5 Å². The molecular formula is C12H20Cl2O2. The summed E-state index contributed by atoms with van der Waals surface area (Å²) in [5.74, 6) is -0.121. The van der Waals surface area contributed by atoms with Crippen LogP contribution in [0.2, 0.25) is 0 Å². The first-order chi connectivity index (χ1) is 7.43. The molecule has 16 heavy (non-hydrogen) atoms. The standard InChI is InChI=1S/C12H20Cl2O2/c1-5-9(7-10(13)14)11(8(3)4)12(15)16-6-2/h7-9,11H,5-6H2,1-4H3. The molecule has 2 atom stereocenters. The van der Waals surface area contributed by atoms with E-state index in [9.17, 15) is 4.79 Å². The molecule has 0 radical (unpaired) electrons. The average Bonchev–Trinajstić information content (AvgIpc) is 2.15. The molecule has 2 nitrogen and oxygen atoms in total. The van der Waals surface area contributed by atoms with Crippen molar-refractivity contribution in [2.75, 3.05) is 6.61 Å². The van der Waals surface area contributed by atoms with Gasteiger partial charge in [0.1, 0.15) is 4.49 Å². The van der Waals surface area contributed by atoms with Crippen molar-refractivity contribution in [2.24, 2.45) is 17.8 Å². The lowest BCUT2D eigenvalue weighted by Gasteiger charge is -2.25. The molecular weight excluding hydrogens is 247 g/mol. The van der Waals surface area contributed by atoms with Gasteiger partial charge in [0.25, 0.3) is 0 Å². The van der Waals surface area contributed by atoms with Crippen molar-refractivity contribution < 1.29 is 9.53 Å². The highest BCUT2D eigenvalue weighted by Gasteiger charge is 2.30. The summed E-state index contributed by atoms with van der Waals surface area (Å²) in [6.45, 7) is 8.21. The molecule has 0 heterocycles. The molecule has 4 heteroatoms. The molecule has 2 unspecified atom stereocenters. The largest absolute Gasteiger partial charge is 0.466 e. The molecule has 0 amide bonds. The van der Waals surface area contributed by atoms with Gasteiger partial charge in [-0.1, -0.05) is 50.0 Å². The molecule has 0 aliphatic rings. The minimum atomic E-state index is -0.183. The first kappa shape index (κ1) is 15.8. The maximum atomic E-state index is 11.8. The van der Waals surface area contributed by atoms with Gasteiger partial charge in [-0.15, -0.1) is 0 Å². The van der Waals surface area contributed by atoms with Crippen molar-refractivity contribution in [1.82, 2.24) is 0 Å². The number of carbonyl (C=O) groups excluding carboxylic acids is 1. The number of esters is 1. The van der Waals surface area contributed by atoms with Crippen LogP contribution in [0.5, 0.6) is 0 Å². The summed E-state index contributed by atoms with van der Waals surface area (Å²) in [5, 5.41) is 0. The van der Waals surface area contributed by atoms with Gasteiger partial charge in [-0.3, -0.25) is 4.79 Å². The van der Waals surface area contributed by atoms with Gasteiger partial charge in [-0.25, -0.2) is 0 Å². The molecule has 0 bridgehead atoms. The Balaban J connectivity index is 4.86. The van der Waals surface area contributed by atoms with E-state index in [-0.39, 0.29) is 28.2 Å². The lowest BCUT2D eigenvalue weighted by atomic mass is 9.82. The summed E-state index contributed by atoms with van der Waals surface area (Å²) in [5.41, 5.74) is 0. The van der Waals surface area contributed by atoms with Crippen LogP contribution in [0.25, 0.3) is 0 Å². The van der Waals surface area contributed by atoms with E-state index in [1.54, 1.807) is 13.0 Å². The fourth-order valence-electron chi connectivity index (χ4n) is 1.82. The highest BCUT2D eigenvalue weighted by atomic mass is 35.5. The minimum absolute atomic E-state index is 0.0315. The summed E-state index contributed by atoms with van der Waals surface area (Å²) in [6, 6.07) is 0. The van der Waals surface area contributed by atoms with Crippen LogP contribution in [0.3, 0.4) is 0 Å². The van der Waals surface area contributed by atoms with E-state index in [1.807, 2.05) is 20.8 Å². The van der Waals surface area contributed by atoms with E-state index in [0.717, 1.165) is 6.42 Å². The third kappa shape index (κ3) is 5.22. The van der Waals surface area contributed by atoms with Crippen LogP contribution >= 0.6 is 23.2 Å². The van der Waals surface area contributed by atoms with Crippen molar-refractivity contribution in [3.8, 4) is 0 Å². The Morgan fingerprint density at radius 2 is 1.88 bits per heavy atom. The van der Waals surface area contributed by atoms with Crippen molar-refractivity contribution >= 4 is 29.2 Å². The predicted molar refractivity (Wildman–Crippen MR) is 68.5 cm³/mol. The summed E-state index contributed by atoms with van der Waals surface area (Å²) in [4.78, 5) is 11.8. The molecule has 0 rings (SSSR count). The molecule has 0 aromatic carbocycles. The number of ether oxygens (including phenoxy) is 1. The van der Waals surface area contributed by atoms with Gasteiger partial charge in [0.2, 0.25) is 0 Å². The lowest BCUT2D eigenvalue weighted by molar-refractivity contribution is -0.151. The van der Waals surface area contributed by atoms with Crippen LogP contribution in [-0.2, 0) is 9.53 Å². The van der Waals surface area contributed by atoms with E-state index in [1.165, 1.54) is 0 Å². The van der Waals surface area contributed by atoms with Gasteiger partial charge in [0, 0.05) is 0 Å². The molecule has 0 aromatic rings. The first-order valence-corrected chi connectivity index (χ1v) is 6.39. The van der Waals surface area contributed by atoms with Crippen molar-refractivity contribution in [3.05, 3.63) is 10.6 Å². The van der Waals surface area contributed by atoms with Crippen LogP contribution in [0, 0.1) is 17.8 Å². The Morgan fingerprint density at radius 1 is 1.31 bits per heavy atom. The van der Waals surface area contributed by atoms with Crippen molar-refractivity contribution in [3.63, 3.8) is 0 Å². The summed E-state index contributed by atoms with van der Waals surface area (Å²) >= 11 is 11.3. The maximum Gasteiger partial charge on any atom is 0.309 e. The summed E-state index contributed by atoms with van der Waals surface area (Å²) in [7, 11) is 0. The van der Waals surface area contributed by atoms with Crippen molar-refractivity contribution in [1.29, 1.82) is 0 Å². The molecule has 94 valence electrons. The van der Waals surface area contributed by atoms with Gasteiger partial charge in [-0.05, 0) is 25.2 Å². The molecule has 0 aliphatic heterocycles. The van der Waals surface area contributed by atoms with Crippen molar-refractivity contribution in [2.45, 2.75) is 34.1 Å². The zero-order valence-corrected chi connectivity index (χ0v) is 11.8. The van der Waals surface area contributed by atoms with E-state index >= 15 is 0 Å². The van der Waals surface area contributed by atoms with Crippen LogP contribution in [0.1, 0.15) is 34.1 Å². The third-order valence-electron chi connectivity index (χ3n) is 2.55. The molecule has 0 spiro atoms. The lowest BCUT2D eigenvalue weighted by Crippen LogP contribution is -2.29. The first-order valence-electron chi connectivity index (χ1n) is 5.63. The molecule has 0 aromatic heterocycles. The monoisotopic (exact) mass is 266 g/mol. The van der Waals surface area contributed by atoms with E-state index in [4.69, 9.17) is 27.9 Å². The van der Waals surface area contributed by atoms with E-state index in [2.05, 4.69) is 0 Å². The number of carbonyl (C=O) groups is 1. The fourth-order valence-corrected chi connectivity index (χ4v) is 2.14. The number of allylic oxidation sites excluding steroid dienone is 1. The maximum absolute atomic E-state index is 11.8. The number of hydrogen-bond donors (Lipinski definition) is 0. The van der Waals surface area contributed by atoms with Gasteiger partial charge in [-0.2, -0.15) is 0 Å². The SMILES string of the molecule is CCOC(=O)C(C(C)C)C(C=C(Cl)Cl)CC. The molecule has 0 saturated heterocycles. The predicted octanol–water partition coefficient (Wildman–Crippen LogP) is 4.17. The van der Waals surface area contributed by atoms with Crippen LogP contribution in [0.15, 0.2) is 10.6 Å². The number of halogens is 2. The Kier molecular flexibility index (Phi) is 7.86. The second-order valence-corrected chi connectivity index (χ2v) is 5.06. The average molecular weight is 267 g/mol. The van der Waals surface area contributed by atoms with Gasteiger partial charge >= 0.3 is 5.97 Å². The second kappa shape index (κ2) is 7.97. The molecule has 0 aliphatic carbocycles. The number of hydrogen-bond acceptors (Lipinski definition) is 2. The fraction of sp³-hybridized carbons (Fsp3) is 0.750. The molecule has 0 N–H and O–H groups in total. The summed E-state index contributed by atoms with van der Waals surface area (Å²) in [6.07, 6.45) is 2.54. The Labute approximate surface area is 108 Å². The summed E-state index contributed by atoms with van der Waals surface area (Å²) < 4.78 is 5.29. The minimum Gasteiger partial charge on any atom is -0.466 e. The second-order valence-electron chi connectivity index (χ2n) is 4.05. The highest BCUT2D eigenvalue weighted by Crippen LogP contribution is 2.28. The normalized spacial score (nSPS) is 14.4. The zero-order valence-electron chi connectivity index (χ0n) is 10.3. The Hall–Kier alpha value is -0.210. The topological polar surface area (TPSA) is 26.3 Å². The molecule has 0 fully saturated rings. The van der Waals surface area contributed by atoms with Crippen LogP contribution in [-0.4, -0.2) is 12.6 Å². The van der Waals surface area contributed by atoms with Gasteiger partial charge in [0.15, 0.2) is 0 Å². The third-order valence-corrected chi connectivity index (χ3v) is 2.80. The van der Waals surface area contributed by atoms with E-state index in [0.29, 0.717) is 6.61 Å². The number of rotatable bonds is 6. The Bertz CT molecular complexity index is 245. The zero-order chi connectivity index (χ0) is 12.7. The van der Waals surface area contributed by atoms with Gasteiger partial charge < -0.3 is 4.74 Å². The highest BCUT2D eigenvalue weighted by molar-refractivity contribution is 6.55. The Morgan fingerprint density at radius 3 is 2.19 bits per heavy atom.